The molecule has 1 aromatic heterocycles. The fourth-order valence-corrected chi connectivity index (χ4v) is 4.00. The number of nitrogens with zero attached hydrogens (tertiary/aromatic N) is 3. The van der Waals surface area contributed by atoms with E-state index in [0.29, 0.717) is 11.6 Å². The fourth-order valence-electron chi connectivity index (χ4n) is 3.39. The van der Waals surface area contributed by atoms with Gasteiger partial charge in [0.25, 0.3) is 0 Å². The van der Waals surface area contributed by atoms with Gasteiger partial charge in [-0.1, -0.05) is 36.9 Å². The first-order valence-corrected chi connectivity index (χ1v) is 11.4. The van der Waals surface area contributed by atoms with Crippen molar-refractivity contribution in [1.29, 1.82) is 0 Å². The minimum absolute atomic E-state index is 0.00806. The van der Waals surface area contributed by atoms with Crippen molar-refractivity contribution in [1.82, 2.24) is 15.5 Å². The number of thioether (sulfide) groups is 1. The predicted molar refractivity (Wildman–Crippen MR) is 121 cm³/mol. The molecule has 1 aromatic carbocycles. The highest BCUT2D eigenvalue weighted by Gasteiger charge is 2.26. The smallest absolute Gasteiger partial charge is 0.234 e. The van der Waals surface area contributed by atoms with Crippen molar-refractivity contribution < 1.29 is 9.59 Å². The molecule has 7 nitrogen and oxygen atoms in total. The number of hydrogen-bond acceptors (Lipinski definition) is 6. The quantitative estimate of drug-likeness (QED) is 0.629. The lowest BCUT2D eigenvalue weighted by atomic mass is 9.97. The number of anilines is 2. The first-order valence-electron chi connectivity index (χ1n) is 10.4. The van der Waals surface area contributed by atoms with Gasteiger partial charge in [0.05, 0.1) is 11.7 Å². The molecule has 0 bridgehead atoms. The van der Waals surface area contributed by atoms with Crippen LogP contribution in [0.1, 0.15) is 31.7 Å². The Morgan fingerprint density at radius 2 is 2.03 bits per heavy atom. The average Bonchev–Trinajstić information content (AvgIpc) is 2.78. The van der Waals surface area contributed by atoms with E-state index in [1.54, 1.807) is 0 Å². The molecule has 0 radical (unpaired) electrons. The molecule has 2 aromatic rings. The van der Waals surface area contributed by atoms with Crippen LogP contribution in [0.4, 0.5) is 11.5 Å². The summed E-state index contributed by atoms with van der Waals surface area (Å²) in [7, 11) is 0. The molecule has 3 rings (SSSR count). The Hall–Kier alpha value is -2.61. The lowest BCUT2D eigenvalue weighted by Crippen LogP contribution is -2.43. The van der Waals surface area contributed by atoms with Gasteiger partial charge in [0.1, 0.15) is 5.03 Å². The summed E-state index contributed by atoms with van der Waals surface area (Å²) in [5.74, 6) is 1.09. The third kappa shape index (κ3) is 6.19. The molecule has 1 aliphatic rings. The Labute approximate surface area is 182 Å². The van der Waals surface area contributed by atoms with E-state index in [1.807, 2.05) is 43.3 Å². The maximum absolute atomic E-state index is 12.3. The molecule has 30 heavy (non-hydrogen) atoms. The molecule has 0 aliphatic carbocycles. The molecule has 0 unspecified atom stereocenters. The van der Waals surface area contributed by atoms with Gasteiger partial charge in [0.2, 0.25) is 11.8 Å². The van der Waals surface area contributed by atoms with Crippen molar-refractivity contribution in [2.45, 2.75) is 38.1 Å². The molecule has 1 aliphatic heterocycles. The van der Waals surface area contributed by atoms with Gasteiger partial charge in [-0.2, -0.15) is 0 Å². The number of carbonyl (C=O) groups is 2. The molecule has 1 fully saturated rings. The number of hydrogen-bond donors (Lipinski definition) is 2. The van der Waals surface area contributed by atoms with E-state index in [-0.39, 0.29) is 23.5 Å². The normalized spacial score (nSPS) is 16.2. The molecular weight excluding hydrogens is 398 g/mol. The zero-order valence-electron chi connectivity index (χ0n) is 17.6. The first kappa shape index (κ1) is 22.1. The Morgan fingerprint density at radius 3 is 2.77 bits per heavy atom. The summed E-state index contributed by atoms with van der Waals surface area (Å²) < 4.78 is 0. The molecule has 2 heterocycles. The van der Waals surface area contributed by atoms with E-state index >= 15 is 0 Å². The van der Waals surface area contributed by atoms with Crippen molar-refractivity contribution >= 4 is 35.1 Å². The molecule has 0 spiro atoms. The number of carbonyl (C=O) groups excluding carboxylic acids is 2. The van der Waals surface area contributed by atoms with Gasteiger partial charge < -0.3 is 15.5 Å². The zero-order chi connectivity index (χ0) is 21.3. The number of benzene rings is 1. The monoisotopic (exact) mass is 427 g/mol. The fraction of sp³-hybridized carbons (Fsp3) is 0.455. The van der Waals surface area contributed by atoms with Gasteiger partial charge in [-0.15, -0.1) is 10.2 Å². The Morgan fingerprint density at radius 1 is 1.20 bits per heavy atom. The van der Waals surface area contributed by atoms with Crippen LogP contribution in [0.3, 0.4) is 0 Å². The maximum Gasteiger partial charge on any atom is 0.234 e. The lowest BCUT2D eigenvalue weighted by Gasteiger charge is -2.32. The number of rotatable bonds is 8. The second kappa shape index (κ2) is 11.0. The number of amides is 2. The lowest BCUT2D eigenvalue weighted by molar-refractivity contribution is -0.125. The van der Waals surface area contributed by atoms with Crippen LogP contribution in [-0.4, -0.2) is 47.4 Å². The van der Waals surface area contributed by atoms with Crippen molar-refractivity contribution in [3.8, 4) is 0 Å². The highest BCUT2D eigenvalue weighted by atomic mass is 32.2. The van der Waals surface area contributed by atoms with Crippen LogP contribution in [0.5, 0.6) is 0 Å². The molecule has 1 saturated heterocycles. The summed E-state index contributed by atoms with van der Waals surface area (Å²) in [5, 5.41) is 15.2. The molecule has 8 heteroatoms. The molecule has 160 valence electrons. The molecule has 1 atom stereocenters. The second-order valence-corrected chi connectivity index (χ2v) is 8.45. The van der Waals surface area contributed by atoms with Crippen molar-refractivity contribution in [3.05, 3.63) is 42.0 Å². The van der Waals surface area contributed by atoms with Crippen LogP contribution in [0.15, 0.2) is 41.4 Å². The third-order valence-electron chi connectivity index (χ3n) is 5.06. The summed E-state index contributed by atoms with van der Waals surface area (Å²) in [6.45, 7) is 6.27. The number of para-hydroxylation sites is 1. The van der Waals surface area contributed by atoms with Crippen molar-refractivity contribution in [2.75, 3.05) is 35.6 Å². The minimum atomic E-state index is -0.0721. The molecule has 0 saturated carbocycles. The van der Waals surface area contributed by atoms with E-state index < -0.39 is 0 Å². The van der Waals surface area contributed by atoms with E-state index in [9.17, 15) is 9.59 Å². The van der Waals surface area contributed by atoms with Gasteiger partial charge in [-0.3, -0.25) is 9.59 Å². The summed E-state index contributed by atoms with van der Waals surface area (Å²) >= 11 is 1.36. The van der Waals surface area contributed by atoms with Crippen LogP contribution in [0.2, 0.25) is 0 Å². The van der Waals surface area contributed by atoms with Crippen LogP contribution >= 0.6 is 11.8 Å². The van der Waals surface area contributed by atoms with Gasteiger partial charge in [-0.05, 0) is 49.9 Å². The van der Waals surface area contributed by atoms with Crippen LogP contribution in [-0.2, 0) is 9.59 Å². The van der Waals surface area contributed by atoms with Crippen LogP contribution in [0, 0.1) is 12.8 Å². The molecule has 2 N–H and O–H groups in total. The van der Waals surface area contributed by atoms with Gasteiger partial charge in [0.15, 0.2) is 5.82 Å². The van der Waals surface area contributed by atoms with Gasteiger partial charge in [-0.25, -0.2) is 0 Å². The first-order chi connectivity index (χ1) is 14.6. The predicted octanol–water partition coefficient (Wildman–Crippen LogP) is 3.26. The van der Waals surface area contributed by atoms with E-state index in [2.05, 4.69) is 32.7 Å². The number of nitrogens with one attached hydrogen (secondary N) is 2. The third-order valence-corrected chi connectivity index (χ3v) is 5.98. The molecular formula is C22H29N5O2S. The summed E-state index contributed by atoms with van der Waals surface area (Å²) in [5.41, 5.74) is 1.86. The summed E-state index contributed by atoms with van der Waals surface area (Å²) in [6.07, 6.45) is 2.81. The topological polar surface area (TPSA) is 87.2 Å². The van der Waals surface area contributed by atoms with Crippen molar-refractivity contribution in [3.63, 3.8) is 0 Å². The zero-order valence-corrected chi connectivity index (χ0v) is 18.4. The Balaban J connectivity index is 1.50. The van der Waals surface area contributed by atoms with E-state index in [1.165, 1.54) is 11.8 Å². The molecule has 2 amide bonds. The Bertz CT molecular complexity index is 859. The van der Waals surface area contributed by atoms with Crippen LogP contribution < -0.4 is 15.5 Å². The summed E-state index contributed by atoms with van der Waals surface area (Å²) in [4.78, 5) is 26.6. The maximum atomic E-state index is 12.3. The van der Waals surface area contributed by atoms with Gasteiger partial charge >= 0.3 is 0 Å². The summed E-state index contributed by atoms with van der Waals surface area (Å²) in [6, 6.07) is 11.5. The Kier molecular flexibility index (Phi) is 8.07. The standard InChI is InChI=1S/C22H29N5O2S/c1-3-12-23-22(29)17-8-6-13-27(14-17)19-10-11-21(26-25-19)30-15-20(28)24-18-9-5-4-7-16(18)2/h4-5,7,9-11,17H,3,6,8,12-15H2,1-2H3,(H,23,29)(H,24,28)/t17-/m0/s1. The van der Waals surface area contributed by atoms with E-state index in [0.717, 1.165) is 49.4 Å². The largest absolute Gasteiger partial charge is 0.356 e. The second-order valence-electron chi connectivity index (χ2n) is 7.46. The highest BCUT2D eigenvalue weighted by Crippen LogP contribution is 2.23. The van der Waals surface area contributed by atoms with Crippen LogP contribution in [0.25, 0.3) is 0 Å². The average molecular weight is 428 g/mol. The van der Waals surface area contributed by atoms with Gasteiger partial charge in [0, 0.05) is 25.3 Å². The highest BCUT2D eigenvalue weighted by molar-refractivity contribution is 7.99. The van der Waals surface area contributed by atoms with E-state index in [4.69, 9.17) is 0 Å². The number of aromatic nitrogens is 2. The number of piperidine rings is 1. The minimum Gasteiger partial charge on any atom is -0.356 e. The SMILES string of the molecule is CCCNC(=O)[C@H]1CCCN(c2ccc(SCC(=O)Nc3ccccc3C)nn2)C1. The number of aryl methyl sites for hydroxylation is 1. The van der Waals surface area contributed by atoms with Crippen molar-refractivity contribution in [2.24, 2.45) is 5.92 Å².